The number of likely N-dealkylation sites (N-methyl/N-ethyl adjacent to an activating group) is 1. The summed E-state index contributed by atoms with van der Waals surface area (Å²) in [6, 6.07) is 5.17. The van der Waals surface area contributed by atoms with Crippen LogP contribution in [0.3, 0.4) is 0 Å². The molecule has 24 heavy (non-hydrogen) atoms. The molecule has 0 saturated carbocycles. The molecule has 0 spiro atoms. The molecule has 130 valence electrons. The summed E-state index contributed by atoms with van der Waals surface area (Å²) in [7, 11) is 1.62. The number of morpholine rings is 1. The zero-order chi connectivity index (χ0) is 17.1. The van der Waals surface area contributed by atoms with E-state index in [4.69, 9.17) is 9.47 Å². The van der Waals surface area contributed by atoms with Gasteiger partial charge >= 0.3 is 0 Å². The van der Waals surface area contributed by atoms with Gasteiger partial charge in [-0.25, -0.2) is 4.39 Å². The van der Waals surface area contributed by atoms with Gasteiger partial charge in [0.15, 0.2) is 6.10 Å². The Morgan fingerprint density at radius 1 is 1.33 bits per heavy atom. The molecule has 2 heterocycles. The van der Waals surface area contributed by atoms with E-state index < -0.39 is 12.1 Å². The van der Waals surface area contributed by atoms with Gasteiger partial charge in [-0.15, -0.1) is 0 Å². The molecule has 2 aliphatic heterocycles. The number of hydrogen-bond acceptors (Lipinski definition) is 4. The first-order chi connectivity index (χ1) is 11.6. The van der Waals surface area contributed by atoms with Crippen molar-refractivity contribution in [3.8, 4) is 0 Å². The van der Waals surface area contributed by atoms with Crippen LogP contribution in [0, 0.1) is 5.82 Å². The predicted molar refractivity (Wildman–Crippen MR) is 83.6 cm³/mol. The molecule has 3 rings (SSSR count). The van der Waals surface area contributed by atoms with Gasteiger partial charge in [-0.2, -0.15) is 0 Å². The van der Waals surface area contributed by atoms with Crippen LogP contribution >= 0.6 is 0 Å². The molecule has 0 bridgehead atoms. The first-order valence-electron chi connectivity index (χ1n) is 8.08. The van der Waals surface area contributed by atoms with Gasteiger partial charge in [0, 0.05) is 20.2 Å². The highest BCUT2D eigenvalue weighted by Gasteiger charge is 2.40. The number of nitrogens with zero attached hydrogens (tertiary/aromatic N) is 1. The highest BCUT2D eigenvalue weighted by atomic mass is 19.1. The Morgan fingerprint density at radius 3 is 2.75 bits per heavy atom. The van der Waals surface area contributed by atoms with Gasteiger partial charge in [-0.1, -0.05) is 12.1 Å². The molecular formula is C17H21FN2O4. The zero-order valence-electron chi connectivity index (χ0n) is 13.5. The molecular weight excluding hydrogens is 315 g/mol. The topological polar surface area (TPSA) is 67.9 Å². The highest BCUT2D eigenvalue weighted by molar-refractivity contribution is 5.86. The molecule has 0 aliphatic carbocycles. The van der Waals surface area contributed by atoms with E-state index in [1.165, 1.54) is 17.0 Å². The maximum Gasteiger partial charge on any atom is 0.251 e. The number of amides is 2. The van der Waals surface area contributed by atoms with Gasteiger partial charge in [0.05, 0.1) is 12.1 Å². The van der Waals surface area contributed by atoms with Gasteiger partial charge in [0.1, 0.15) is 12.4 Å². The van der Waals surface area contributed by atoms with Crippen molar-refractivity contribution in [3.05, 3.63) is 35.6 Å². The van der Waals surface area contributed by atoms with Crippen LogP contribution in [0.1, 0.15) is 24.4 Å². The summed E-state index contributed by atoms with van der Waals surface area (Å²) >= 11 is 0. The molecule has 1 aromatic carbocycles. The lowest BCUT2D eigenvalue weighted by Crippen LogP contribution is -2.53. The first-order valence-corrected chi connectivity index (χ1v) is 8.08. The van der Waals surface area contributed by atoms with E-state index in [0.29, 0.717) is 12.1 Å². The summed E-state index contributed by atoms with van der Waals surface area (Å²) in [6.07, 6.45) is 1.11. The Balaban J connectivity index is 1.74. The normalized spacial score (nSPS) is 27.3. The average molecular weight is 336 g/mol. The number of rotatable bonds is 4. The van der Waals surface area contributed by atoms with Crippen LogP contribution in [0.4, 0.5) is 4.39 Å². The average Bonchev–Trinajstić information content (AvgIpc) is 3.09. The lowest BCUT2D eigenvalue weighted by atomic mass is 9.97. The Kier molecular flexibility index (Phi) is 5.11. The molecule has 0 radical (unpaired) electrons. The molecule has 1 N–H and O–H groups in total. The smallest absolute Gasteiger partial charge is 0.251 e. The number of carbonyl (C=O) groups is 2. The Morgan fingerprint density at radius 2 is 2.08 bits per heavy atom. The second-order valence-electron chi connectivity index (χ2n) is 6.11. The minimum atomic E-state index is -0.834. The highest BCUT2D eigenvalue weighted by Crippen LogP contribution is 2.29. The number of nitrogens with one attached hydrogen (secondary N) is 1. The van der Waals surface area contributed by atoms with Crippen molar-refractivity contribution in [1.29, 1.82) is 0 Å². The first kappa shape index (κ1) is 16.9. The van der Waals surface area contributed by atoms with Gasteiger partial charge in [0.25, 0.3) is 5.91 Å². The minimum Gasteiger partial charge on any atom is -0.376 e. The van der Waals surface area contributed by atoms with Crippen LogP contribution in [0.15, 0.2) is 24.3 Å². The Bertz CT molecular complexity index is 601. The summed E-state index contributed by atoms with van der Waals surface area (Å²) in [6.45, 7) is 0.995. The van der Waals surface area contributed by atoms with Crippen LogP contribution in [-0.2, 0) is 19.1 Å². The quantitative estimate of drug-likeness (QED) is 0.891. The fourth-order valence-corrected chi connectivity index (χ4v) is 3.11. The predicted octanol–water partition coefficient (Wildman–Crippen LogP) is 1.02. The van der Waals surface area contributed by atoms with Crippen LogP contribution in [0.25, 0.3) is 0 Å². The third-order valence-corrected chi connectivity index (χ3v) is 4.48. The second-order valence-corrected chi connectivity index (χ2v) is 6.11. The molecule has 7 heteroatoms. The van der Waals surface area contributed by atoms with Gasteiger partial charge in [0.2, 0.25) is 5.91 Å². The van der Waals surface area contributed by atoms with E-state index >= 15 is 0 Å². The molecule has 3 unspecified atom stereocenters. The largest absolute Gasteiger partial charge is 0.376 e. The van der Waals surface area contributed by atoms with Crippen LogP contribution in [-0.4, -0.2) is 55.7 Å². The van der Waals surface area contributed by atoms with Crippen LogP contribution in [0.5, 0.6) is 0 Å². The molecule has 1 aromatic rings. The number of benzene rings is 1. The Labute approximate surface area is 139 Å². The molecule has 2 aliphatic rings. The van der Waals surface area contributed by atoms with Crippen LogP contribution < -0.4 is 5.32 Å². The van der Waals surface area contributed by atoms with Crippen molar-refractivity contribution < 1.29 is 23.5 Å². The summed E-state index contributed by atoms with van der Waals surface area (Å²) in [4.78, 5) is 26.0. The SMILES string of the molecule is CN1C(=O)COC(C(=O)NCC2CCCO2)C1c1ccc(F)cc1. The summed E-state index contributed by atoms with van der Waals surface area (Å²) in [5.74, 6) is -0.879. The fraction of sp³-hybridized carbons (Fsp3) is 0.529. The van der Waals surface area contributed by atoms with Crippen molar-refractivity contribution >= 4 is 11.8 Å². The number of hydrogen-bond donors (Lipinski definition) is 1. The monoisotopic (exact) mass is 336 g/mol. The molecule has 6 nitrogen and oxygen atoms in total. The van der Waals surface area contributed by atoms with Gasteiger partial charge < -0.3 is 19.7 Å². The zero-order valence-corrected chi connectivity index (χ0v) is 13.5. The van der Waals surface area contributed by atoms with E-state index in [-0.39, 0.29) is 30.3 Å². The Hall–Kier alpha value is -1.99. The van der Waals surface area contributed by atoms with Crippen molar-refractivity contribution in [2.75, 3.05) is 26.8 Å². The van der Waals surface area contributed by atoms with Crippen molar-refractivity contribution in [1.82, 2.24) is 10.2 Å². The van der Waals surface area contributed by atoms with E-state index in [0.717, 1.165) is 19.4 Å². The third kappa shape index (κ3) is 3.57. The molecule has 2 amide bonds. The van der Waals surface area contributed by atoms with Gasteiger partial charge in [-0.3, -0.25) is 9.59 Å². The van der Waals surface area contributed by atoms with Crippen molar-refractivity contribution in [3.63, 3.8) is 0 Å². The standard InChI is InChI=1S/C17H21FN2O4/c1-20-14(21)10-24-16(15(20)11-4-6-12(18)7-5-11)17(22)19-9-13-3-2-8-23-13/h4-7,13,15-16H,2-3,8-10H2,1H3,(H,19,22). The second kappa shape index (κ2) is 7.27. The molecule has 3 atom stereocenters. The minimum absolute atomic E-state index is 0.0289. The van der Waals surface area contributed by atoms with Crippen LogP contribution in [0.2, 0.25) is 0 Å². The molecule has 0 aromatic heterocycles. The lowest BCUT2D eigenvalue weighted by Gasteiger charge is -2.38. The number of carbonyl (C=O) groups excluding carboxylic acids is 2. The van der Waals surface area contributed by atoms with E-state index in [9.17, 15) is 14.0 Å². The lowest BCUT2D eigenvalue weighted by molar-refractivity contribution is -0.162. The summed E-state index contributed by atoms with van der Waals surface area (Å²) in [5, 5.41) is 2.84. The van der Waals surface area contributed by atoms with Crippen molar-refractivity contribution in [2.24, 2.45) is 0 Å². The van der Waals surface area contributed by atoms with Crippen molar-refractivity contribution in [2.45, 2.75) is 31.1 Å². The van der Waals surface area contributed by atoms with E-state index in [1.807, 2.05) is 0 Å². The molecule has 2 fully saturated rings. The third-order valence-electron chi connectivity index (χ3n) is 4.48. The summed E-state index contributed by atoms with van der Waals surface area (Å²) < 4.78 is 24.2. The molecule has 2 saturated heterocycles. The van der Waals surface area contributed by atoms with Gasteiger partial charge in [-0.05, 0) is 30.5 Å². The number of halogens is 1. The number of ether oxygens (including phenoxy) is 2. The van der Waals surface area contributed by atoms with E-state index in [1.54, 1.807) is 19.2 Å². The fourth-order valence-electron chi connectivity index (χ4n) is 3.11. The van der Waals surface area contributed by atoms with E-state index in [2.05, 4.69) is 5.32 Å². The maximum absolute atomic E-state index is 13.2. The summed E-state index contributed by atoms with van der Waals surface area (Å²) in [5.41, 5.74) is 0.657. The maximum atomic E-state index is 13.2.